The van der Waals surface area contributed by atoms with E-state index in [4.69, 9.17) is 5.84 Å². The van der Waals surface area contributed by atoms with E-state index >= 15 is 0 Å². The van der Waals surface area contributed by atoms with Crippen LogP contribution in [0, 0.1) is 0 Å². The molecular weight excluding hydrogens is 231 g/mol. The highest BCUT2D eigenvalue weighted by Gasteiger charge is 2.30. The molecule has 0 radical (unpaired) electrons. The van der Waals surface area contributed by atoms with E-state index in [0.717, 1.165) is 31.5 Å². The maximum Gasteiger partial charge on any atom is 0.417 e. The minimum absolute atomic E-state index is 0.197. The average Bonchev–Trinajstić information content (AvgIpc) is 2.29. The monoisotopic (exact) mass is 247 g/mol. The Balaban J connectivity index is 2.78. The molecule has 3 nitrogen and oxygen atoms in total. The molecular formula is C11H16F3N3. The molecule has 0 amide bonds. The third-order valence-electron chi connectivity index (χ3n) is 2.52. The molecule has 0 spiro atoms. The van der Waals surface area contributed by atoms with E-state index in [0.29, 0.717) is 5.69 Å². The number of hydrazine groups is 1. The van der Waals surface area contributed by atoms with Gasteiger partial charge < -0.3 is 0 Å². The second kappa shape index (κ2) is 5.97. The fourth-order valence-electron chi connectivity index (χ4n) is 1.50. The van der Waals surface area contributed by atoms with Crippen LogP contribution < -0.4 is 11.3 Å². The minimum Gasteiger partial charge on any atom is -0.271 e. The zero-order valence-corrected chi connectivity index (χ0v) is 9.59. The number of hydrogen-bond donors (Lipinski definition) is 2. The molecule has 0 aromatic carbocycles. The first-order valence-corrected chi connectivity index (χ1v) is 5.48. The van der Waals surface area contributed by atoms with Crippen LogP contribution in [-0.2, 0) is 6.18 Å². The van der Waals surface area contributed by atoms with Crippen LogP contribution in [-0.4, -0.2) is 4.98 Å². The van der Waals surface area contributed by atoms with Gasteiger partial charge in [-0.1, -0.05) is 19.8 Å². The quantitative estimate of drug-likeness (QED) is 0.621. The third-order valence-corrected chi connectivity index (χ3v) is 2.52. The molecule has 0 aliphatic carbocycles. The molecule has 96 valence electrons. The number of halogens is 3. The van der Waals surface area contributed by atoms with Gasteiger partial charge in [-0.2, -0.15) is 13.2 Å². The molecule has 0 fully saturated rings. The van der Waals surface area contributed by atoms with Gasteiger partial charge in [0, 0.05) is 6.20 Å². The lowest BCUT2D eigenvalue weighted by Gasteiger charge is -2.15. The number of nitrogens with one attached hydrogen (secondary N) is 1. The first-order valence-electron chi connectivity index (χ1n) is 5.48. The lowest BCUT2D eigenvalue weighted by atomic mass is 10.1. The predicted molar refractivity (Wildman–Crippen MR) is 58.8 cm³/mol. The van der Waals surface area contributed by atoms with Gasteiger partial charge >= 0.3 is 6.18 Å². The molecule has 1 heterocycles. The van der Waals surface area contributed by atoms with E-state index in [1.54, 1.807) is 0 Å². The van der Waals surface area contributed by atoms with Gasteiger partial charge in [-0.15, -0.1) is 0 Å². The van der Waals surface area contributed by atoms with Crippen molar-refractivity contribution in [3.8, 4) is 0 Å². The van der Waals surface area contributed by atoms with E-state index < -0.39 is 11.7 Å². The zero-order chi connectivity index (χ0) is 12.9. The number of nitrogens with zero attached hydrogens (tertiary/aromatic N) is 1. The number of hydrogen-bond acceptors (Lipinski definition) is 3. The summed E-state index contributed by atoms with van der Waals surface area (Å²) in [7, 11) is 0. The van der Waals surface area contributed by atoms with Gasteiger partial charge in [0.15, 0.2) is 0 Å². The van der Waals surface area contributed by atoms with Crippen molar-refractivity contribution < 1.29 is 13.2 Å². The summed E-state index contributed by atoms with van der Waals surface area (Å²) in [6, 6.07) is 2.19. The standard InChI is InChI=1S/C11H16F3N3/c1-2-3-4-10(17-15)9-6-5-8(7-16-9)11(12,13)14/h5-7,10,17H,2-4,15H2,1H3. The smallest absolute Gasteiger partial charge is 0.271 e. The summed E-state index contributed by atoms with van der Waals surface area (Å²) in [5.74, 6) is 5.36. The van der Waals surface area contributed by atoms with Crippen molar-refractivity contribution in [2.45, 2.75) is 38.4 Å². The number of unbranched alkanes of at least 4 members (excludes halogenated alkanes) is 1. The predicted octanol–water partition coefficient (Wildman–Crippen LogP) is 2.80. The second-order valence-electron chi connectivity index (χ2n) is 3.83. The number of aromatic nitrogens is 1. The van der Waals surface area contributed by atoms with E-state index in [1.807, 2.05) is 6.92 Å². The van der Waals surface area contributed by atoms with Crippen molar-refractivity contribution in [2.24, 2.45) is 5.84 Å². The topological polar surface area (TPSA) is 50.9 Å². The number of pyridine rings is 1. The second-order valence-corrected chi connectivity index (χ2v) is 3.83. The number of alkyl halides is 3. The SMILES string of the molecule is CCCCC(NN)c1ccc(C(F)(F)F)cn1. The molecule has 3 N–H and O–H groups in total. The Hall–Kier alpha value is -1.14. The Bertz CT molecular complexity index is 335. The zero-order valence-electron chi connectivity index (χ0n) is 9.59. The van der Waals surface area contributed by atoms with Crippen LogP contribution in [0.2, 0.25) is 0 Å². The Morgan fingerprint density at radius 3 is 2.53 bits per heavy atom. The molecule has 1 aromatic rings. The Kier molecular flexibility index (Phi) is 4.89. The van der Waals surface area contributed by atoms with Crippen LogP contribution in [0.4, 0.5) is 13.2 Å². The highest BCUT2D eigenvalue weighted by molar-refractivity contribution is 5.18. The van der Waals surface area contributed by atoms with E-state index in [-0.39, 0.29) is 6.04 Å². The summed E-state index contributed by atoms with van der Waals surface area (Å²) in [5, 5.41) is 0. The highest BCUT2D eigenvalue weighted by Crippen LogP contribution is 2.29. The maximum absolute atomic E-state index is 12.3. The molecule has 1 unspecified atom stereocenters. The van der Waals surface area contributed by atoms with Crippen LogP contribution in [0.5, 0.6) is 0 Å². The fraction of sp³-hybridized carbons (Fsp3) is 0.545. The van der Waals surface area contributed by atoms with E-state index in [9.17, 15) is 13.2 Å². The Morgan fingerprint density at radius 1 is 1.41 bits per heavy atom. The lowest BCUT2D eigenvalue weighted by Crippen LogP contribution is -2.28. The summed E-state index contributed by atoms with van der Waals surface area (Å²) in [5.41, 5.74) is 2.36. The fourth-order valence-corrected chi connectivity index (χ4v) is 1.50. The summed E-state index contributed by atoms with van der Waals surface area (Å²) in [6.07, 6.45) is -0.812. The number of nitrogens with two attached hydrogens (primary N) is 1. The normalized spacial score (nSPS) is 13.7. The van der Waals surface area contributed by atoms with Gasteiger partial charge in [-0.05, 0) is 18.6 Å². The molecule has 0 aliphatic rings. The molecule has 0 saturated heterocycles. The summed E-state index contributed by atoms with van der Waals surface area (Å²) in [4.78, 5) is 3.81. The molecule has 0 saturated carbocycles. The van der Waals surface area contributed by atoms with Crippen molar-refractivity contribution in [3.05, 3.63) is 29.6 Å². The molecule has 17 heavy (non-hydrogen) atoms. The van der Waals surface area contributed by atoms with Gasteiger partial charge in [-0.3, -0.25) is 16.3 Å². The van der Waals surface area contributed by atoms with Crippen LogP contribution >= 0.6 is 0 Å². The van der Waals surface area contributed by atoms with Crippen molar-refractivity contribution >= 4 is 0 Å². The lowest BCUT2D eigenvalue weighted by molar-refractivity contribution is -0.137. The van der Waals surface area contributed by atoms with Crippen LogP contribution in [0.15, 0.2) is 18.3 Å². The van der Waals surface area contributed by atoms with E-state index in [1.165, 1.54) is 6.07 Å². The van der Waals surface area contributed by atoms with Crippen LogP contribution in [0.3, 0.4) is 0 Å². The van der Waals surface area contributed by atoms with Crippen molar-refractivity contribution in [2.75, 3.05) is 0 Å². The first-order chi connectivity index (χ1) is 7.99. The van der Waals surface area contributed by atoms with Gasteiger partial charge in [0.1, 0.15) is 0 Å². The minimum atomic E-state index is -4.35. The Labute approximate surface area is 98.2 Å². The summed E-state index contributed by atoms with van der Waals surface area (Å²) < 4.78 is 37.0. The van der Waals surface area contributed by atoms with Gasteiger partial charge in [0.25, 0.3) is 0 Å². The molecule has 6 heteroatoms. The maximum atomic E-state index is 12.3. The molecule has 0 aliphatic heterocycles. The largest absolute Gasteiger partial charge is 0.417 e. The van der Waals surface area contributed by atoms with Crippen LogP contribution in [0.1, 0.15) is 43.5 Å². The number of rotatable bonds is 5. The Morgan fingerprint density at radius 2 is 2.12 bits per heavy atom. The molecule has 1 atom stereocenters. The van der Waals surface area contributed by atoms with Crippen molar-refractivity contribution in [1.29, 1.82) is 0 Å². The van der Waals surface area contributed by atoms with Crippen LogP contribution in [0.25, 0.3) is 0 Å². The van der Waals surface area contributed by atoms with E-state index in [2.05, 4.69) is 10.4 Å². The highest BCUT2D eigenvalue weighted by atomic mass is 19.4. The van der Waals surface area contributed by atoms with Gasteiger partial charge in [0.2, 0.25) is 0 Å². The molecule has 1 rings (SSSR count). The summed E-state index contributed by atoms with van der Waals surface area (Å²) >= 11 is 0. The third kappa shape index (κ3) is 3.98. The van der Waals surface area contributed by atoms with Crippen molar-refractivity contribution in [1.82, 2.24) is 10.4 Å². The first kappa shape index (κ1) is 13.9. The molecule has 0 bridgehead atoms. The average molecular weight is 247 g/mol. The van der Waals surface area contributed by atoms with Gasteiger partial charge in [0.05, 0.1) is 17.3 Å². The molecule has 1 aromatic heterocycles. The van der Waals surface area contributed by atoms with Gasteiger partial charge in [-0.25, -0.2) is 0 Å². The van der Waals surface area contributed by atoms with Crippen molar-refractivity contribution in [3.63, 3.8) is 0 Å². The summed E-state index contributed by atoms with van der Waals surface area (Å²) in [6.45, 7) is 2.04.